The lowest BCUT2D eigenvalue weighted by molar-refractivity contribution is 0.140. The molecule has 0 aliphatic carbocycles. The van der Waals surface area contributed by atoms with Crippen molar-refractivity contribution in [1.29, 1.82) is 0 Å². The third kappa shape index (κ3) is 3.84. The summed E-state index contributed by atoms with van der Waals surface area (Å²) >= 11 is 0. The first-order chi connectivity index (χ1) is 2.91. The third-order valence-corrected chi connectivity index (χ3v) is 0.364. The highest BCUT2D eigenvalue weighted by Gasteiger charge is 1.73. The summed E-state index contributed by atoms with van der Waals surface area (Å²) in [5.74, 6) is 9.45. The Kier molecular flexibility index (Phi) is 4.71. The van der Waals surface area contributed by atoms with E-state index in [0.717, 1.165) is 0 Å². The predicted octanol–water partition coefficient (Wildman–Crippen LogP) is -1.66. The quantitative estimate of drug-likeness (QED) is 0.221. The van der Waals surface area contributed by atoms with Gasteiger partial charge in [-0.15, -0.1) is 0 Å². The Labute approximate surface area is 36.4 Å². The molecule has 0 aromatic carbocycles. The topological polar surface area (TPSA) is 73.3 Å². The van der Waals surface area contributed by atoms with Crippen LogP contribution in [0, 0.1) is 0 Å². The van der Waals surface area contributed by atoms with Crippen molar-refractivity contribution in [1.82, 2.24) is 5.43 Å². The first-order valence-electron chi connectivity index (χ1n) is 1.67. The van der Waals surface area contributed by atoms with Crippen LogP contribution < -0.4 is 17.2 Å². The lowest BCUT2D eigenvalue weighted by atomic mass is 10.7. The maximum Gasteiger partial charge on any atom is 0.0817 e. The van der Waals surface area contributed by atoms with Crippen LogP contribution in [0.3, 0.4) is 0 Å². The van der Waals surface area contributed by atoms with Crippen LogP contribution in [0.25, 0.3) is 0 Å². The molecule has 4 nitrogen and oxygen atoms in total. The smallest absolute Gasteiger partial charge is 0.0817 e. The number of rotatable bonds is 3. The van der Waals surface area contributed by atoms with Crippen LogP contribution in [-0.4, -0.2) is 13.2 Å². The molecular weight excluding hydrogens is 82.0 g/mol. The molecule has 0 atom stereocenters. The van der Waals surface area contributed by atoms with Crippen LogP contribution in [0.4, 0.5) is 0 Å². The molecule has 0 heterocycles. The summed E-state index contributed by atoms with van der Waals surface area (Å²) in [6.45, 7) is 1.05. The molecule has 4 heteroatoms. The fourth-order valence-electron chi connectivity index (χ4n) is 0.118. The Hall–Kier alpha value is -0.160. The largest absolute Gasteiger partial charge is 0.303 e. The minimum absolute atomic E-state index is 0.455. The van der Waals surface area contributed by atoms with Crippen molar-refractivity contribution in [2.24, 2.45) is 11.7 Å². The fraction of sp³-hybridized carbons (Fsp3) is 1.00. The van der Waals surface area contributed by atoms with Gasteiger partial charge in [-0.2, -0.15) is 0 Å². The molecule has 5 N–H and O–H groups in total. The number of nitrogens with two attached hydrogens (primary N) is 2. The highest BCUT2D eigenvalue weighted by molar-refractivity contribution is 4.26. The second-order valence-electron chi connectivity index (χ2n) is 0.825. The summed E-state index contributed by atoms with van der Waals surface area (Å²) in [5, 5.41) is 0. The summed E-state index contributed by atoms with van der Waals surface area (Å²) in [6, 6.07) is 0. The molecule has 0 rings (SSSR count). The molecule has 6 heavy (non-hydrogen) atoms. The molecule has 0 saturated heterocycles. The Morgan fingerprint density at radius 3 is 2.50 bits per heavy atom. The molecule has 0 aliphatic heterocycles. The zero-order valence-electron chi connectivity index (χ0n) is 3.48. The minimum Gasteiger partial charge on any atom is -0.303 e. The van der Waals surface area contributed by atoms with E-state index in [4.69, 9.17) is 5.84 Å². The van der Waals surface area contributed by atoms with Crippen molar-refractivity contribution >= 4 is 0 Å². The van der Waals surface area contributed by atoms with Crippen molar-refractivity contribution < 1.29 is 4.84 Å². The molecule has 0 amide bonds. The third-order valence-electron chi connectivity index (χ3n) is 0.364. The summed E-state index contributed by atoms with van der Waals surface area (Å²) in [5.41, 5.74) is 2.36. The van der Waals surface area contributed by atoms with E-state index in [-0.39, 0.29) is 0 Å². The van der Waals surface area contributed by atoms with Gasteiger partial charge in [-0.1, -0.05) is 0 Å². The molecular formula is C2H9N3O. The average molecular weight is 91.1 g/mol. The van der Waals surface area contributed by atoms with E-state index >= 15 is 0 Å². The van der Waals surface area contributed by atoms with Crippen molar-refractivity contribution in [2.45, 2.75) is 0 Å². The van der Waals surface area contributed by atoms with E-state index < -0.39 is 0 Å². The molecule has 0 spiro atoms. The molecule has 0 radical (unpaired) electrons. The van der Waals surface area contributed by atoms with Crippen LogP contribution in [0.5, 0.6) is 0 Å². The first-order valence-corrected chi connectivity index (χ1v) is 1.67. The zero-order chi connectivity index (χ0) is 4.83. The van der Waals surface area contributed by atoms with Gasteiger partial charge in [0.05, 0.1) is 6.61 Å². The van der Waals surface area contributed by atoms with Crippen LogP contribution in [-0.2, 0) is 4.84 Å². The lowest BCUT2D eigenvalue weighted by Crippen LogP contribution is -2.27. The van der Waals surface area contributed by atoms with Gasteiger partial charge in [0, 0.05) is 6.54 Å². The number of hydrogen-bond acceptors (Lipinski definition) is 4. The van der Waals surface area contributed by atoms with Gasteiger partial charge in [0.1, 0.15) is 0 Å². The molecule has 0 aromatic heterocycles. The average Bonchev–Trinajstić information content (AvgIpc) is 1.61. The Morgan fingerprint density at radius 2 is 2.33 bits per heavy atom. The lowest BCUT2D eigenvalue weighted by Gasteiger charge is -1.91. The van der Waals surface area contributed by atoms with Gasteiger partial charge in [-0.3, -0.25) is 11.3 Å². The first kappa shape index (κ1) is 5.84. The molecule has 0 unspecified atom stereocenters. The van der Waals surface area contributed by atoms with E-state index in [9.17, 15) is 0 Å². The minimum atomic E-state index is 0.455. The van der Waals surface area contributed by atoms with Crippen LogP contribution in [0.2, 0.25) is 0 Å². The Bertz CT molecular complexity index is 20.8. The second kappa shape index (κ2) is 4.84. The van der Waals surface area contributed by atoms with Crippen molar-refractivity contribution in [2.75, 3.05) is 13.2 Å². The molecule has 0 aliphatic rings. The summed E-state index contributed by atoms with van der Waals surface area (Å²) in [6.07, 6.45) is 0. The van der Waals surface area contributed by atoms with Crippen molar-refractivity contribution in [3.8, 4) is 0 Å². The maximum absolute atomic E-state index is 4.83. The highest BCUT2D eigenvalue weighted by atomic mass is 16.6. The Morgan fingerprint density at radius 1 is 1.67 bits per heavy atom. The standard InChI is InChI=1S/C2H9N3O/c3-5-1-2-6-4/h5H,1-4H2. The summed E-state index contributed by atoms with van der Waals surface area (Å²) in [4.78, 5) is 4.14. The van der Waals surface area contributed by atoms with Crippen LogP contribution in [0.1, 0.15) is 0 Å². The fourth-order valence-corrected chi connectivity index (χ4v) is 0.118. The highest BCUT2D eigenvalue weighted by Crippen LogP contribution is 1.51. The molecule has 0 saturated carbocycles. The molecule has 38 valence electrons. The summed E-state index contributed by atoms with van der Waals surface area (Å²) in [7, 11) is 0. The van der Waals surface area contributed by atoms with E-state index in [1.165, 1.54) is 0 Å². The number of nitrogens with one attached hydrogen (secondary N) is 1. The van der Waals surface area contributed by atoms with Gasteiger partial charge in [0.15, 0.2) is 0 Å². The van der Waals surface area contributed by atoms with Gasteiger partial charge >= 0.3 is 0 Å². The summed E-state index contributed by atoms with van der Waals surface area (Å²) < 4.78 is 0. The van der Waals surface area contributed by atoms with Gasteiger partial charge in [0.2, 0.25) is 0 Å². The Balaban J connectivity index is 2.34. The van der Waals surface area contributed by atoms with Gasteiger partial charge in [-0.05, 0) is 0 Å². The SMILES string of the molecule is NNCCON. The number of hydrazine groups is 1. The van der Waals surface area contributed by atoms with Gasteiger partial charge < -0.3 is 4.84 Å². The van der Waals surface area contributed by atoms with Gasteiger partial charge in [0.25, 0.3) is 0 Å². The van der Waals surface area contributed by atoms with E-state index in [1.54, 1.807) is 0 Å². The van der Waals surface area contributed by atoms with E-state index in [1.807, 2.05) is 0 Å². The van der Waals surface area contributed by atoms with Crippen LogP contribution in [0.15, 0.2) is 0 Å². The van der Waals surface area contributed by atoms with Crippen LogP contribution >= 0.6 is 0 Å². The van der Waals surface area contributed by atoms with Crippen molar-refractivity contribution in [3.05, 3.63) is 0 Å². The van der Waals surface area contributed by atoms with E-state index in [0.29, 0.717) is 13.2 Å². The second-order valence-corrected chi connectivity index (χ2v) is 0.825. The van der Waals surface area contributed by atoms with Crippen molar-refractivity contribution in [3.63, 3.8) is 0 Å². The van der Waals surface area contributed by atoms with E-state index in [2.05, 4.69) is 16.2 Å². The number of hydrogen-bond donors (Lipinski definition) is 3. The normalized spacial score (nSPS) is 9.00. The molecule has 0 fully saturated rings. The molecule has 0 aromatic rings. The predicted molar refractivity (Wildman–Crippen MR) is 22.3 cm³/mol. The monoisotopic (exact) mass is 91.1 g/mol. The zero-order valence-corrected chi connectivity index (χ0v) is 3.48. The molecule has 0 bridgehead atoms. The maximum atomic E-state index is 4.83. The van der Waals surface area contributed by atoms with Gasteiger partial charge in [-0.25, -0.2) is 5.90 Å².